The van der Waals surface area contributed by atoms with Gasteiger partial charge in [0.05, 0.1) is 5.69 Å². The lowest BCUT2D eigenvalue weighted by Gasteiger charge is -2.08. The van der Waals surface area contributed by atoms with Crippen LogP contribution >= 0.6 is 0 Å². The number of para-hydroxylation sites is 1. The van der Waals surface area contributed by atoms with Gasteiger partial charge in [0.1, 0.15) is 6.07 Å². The molecular weight excluding hydrogens is 382 g/mol. The molecule has 5 heteroatoms. The van der Waals surface area contributed by atoms with E-state index < -0.39 is 0 Å². The van der Waals surface area contributed by atoms with Crippen LogP contribution in [0.4, 0.5) is 0 Å². The Balaban J connectivity index is 1.32. The van der Waals surface area contributed by atoms with Gasteiger partial charge in [-0.25, -0.2) is 9.97 Å². The Hall–Kier alpha value is -3.49. The molecule has 5 nitrogen and oxygen atoms in total. The lowest BCUT2D eigenvalue weighted by Crippen LogP contribution is -2.19. The maximum absolute atomic E-state index is 9.35. The topological polar surface area (TPSA) is 77.4 Å². The second kappa shape index (κ2) is 9.55. The number of nitrogens with one attached hydrogen (secondary N) is 2. The second-order valence-corrected chi connectivity index (χ2v) is 7.94. The van der Waals surface area contributed by atoms with Crippen molar-refractivity contribution in [2.24, 2.45) is 0 Å². The molecule has 0 radical (unpaired) electrons. The van der Waals surface area contributed by atoms with Gasteiger partial charge in [0, 0.05) is 28.4 Å². The van der Waals surface area contributed by atoms with E-state index in [1.807, 2.05) is 6.07 Å². The first kappa shape index (κ1) is 20.8. The number of aromatic nitrogens is 3. The molecule has 0 fully saturated rings. The molecule has 0 saturated carbocycles. The third-order valence-corrected chi connectivity index (χ3v) is 5.71. The van der Waals surface area contributed by atoms with Crippen molar-refractivity contribution in [2.75, 3.05) is 13.1 Å². The van der Waals surface area contributed by atoms with E-state index in [9.17, 15) is 5.26 Å². The molecule has 0 bridgehead atoms. The van der Waals surface area contributed by atoms with Gasteiger partial charge in [-0.2, -0.15) is 5.26 Å². The number of nitriles is 1. The molecule has 0 amide bonds. The van der Waals surface area contributed by atoms with E-state index in [2.05, 4.69) is 88.8 Å². The van der Waals surface area contributed by atoms with Crippen molar-refractivity contribution in [1.29, 1.82) is 5.26 Å². The molecule has 4 aromatic rings. The standard InChI is InChI=1S/C26H27N5/c1-18-9-10-20(14-19(18)2)25-15-22(30-26(16-27)31-25)6-5-12-28-13-11-21-17-29-24-8-4-3-7-23(21)24/h3-4,7-10,14-15,17,28-29H,5-6,11-13H2,1-2H3. The minimum absolute atomic E-state index is 0.234. The number of hydrogen-bond donors (Lipinski definition) is 2. The first-order valence-corrected chi connectivity index (χ1v) is 10.8. The third-order valence-electron chi connectivity index (χ3n) is 5.71. The van der Waals surface area contributed by atoms with Crippen LogP contribution in [0.5, 0.6) is 0 Å². The third kappa shape index (κ3) is 4.99. The Morgan fingerprint density at radius 2 is 1.84 bits per heavy atom. The lowest BCUT2D eigenvalue weighted by molar-refractivity contribution is 0.643. The Morgan fingerprint density at radius 3 is 2.68 bits per heavy atom. The maximum Gasteiger partial charge on any atom is 0.232 e. The van der Waals surface area contributed by atoms with Crippen molar-refractivity contribution in [3.8, 4) is 17.3 Å². The SMILES string of the molecule is Cc1ccc(-c2cc(CCCNCCc3c[nH]c4ccccc34)nc(C#N)n2)cc1C. The summed E-state index contributed by atoms with van der Waals surface area (Å²) in [6.07, 6.45) is 4.87. The number of benzene rings is 2. The van der Waals surface area contributed by atoms with Gasteiger partial charge in [-0.3, -0.25) is 0 Å². The van der Waals surface area contributed by atoms with Crippen LogP contribution < -0.4 is 5.32 Å². The summed E-state index contributed by atoms with van der Waals surface area (Å²) in [5, 5.41) is 14.2. The summed E-state index contributed by atoms with van der Waals surface area (Å²) in [5.41, 5.74) is 7.76. The Kier molecular flexibility index (Phi) is 6.40. The van der Waals surface area contributed by atoms with Gasteiger partial charge in [0.2, 0.25) is 5.82 Å². The van der Waals surface area contributed by atoms with Crippen LogP contribution in [-0.4, -0.2) is 28.0 Å². The summed E-state index contributed by atoms with van der Waals surface area (Å²) in [6.45, 7) is 6.03. The van der Waals surface area contributed by atoms with Crippen molar-refractivity contribution in [2.45, 2.75) is 33.1 Å². The zero-order valence-electron chi connectivity index (χ0n) is 18.1. The predicted octanol–water partition coefficient (Wildman–Crippen LogP) is 4.88. The van der Waals surface area contributed by atoms with E-state index in [1.54, 1.807) is 0 Å². The van der Waals surface area contributed by atoms with Crippen molar-refractivity contribution in [1.82, 2.24) is 20.3 Å². The number of aryl methyl sites for hydroxylation is 3. The summed E-state index contributed by atoms with van der Waals surface area (Å²) in [7, 11) is 0. The normalized spacial score (nSPS) is 11.0. The van der Waals surface area contributed by atoms with E-state index in [0.717, 1.165) is 49.3 Å². The Bertz CT molecular complexity index is 1230. The van der Waals surface area contributed by atoms with Crippen molar-refractivity contribution < 1.29 is 0 Å². The molecule has 0 aliphatic carbocycles. The molecule has 0 atom stereocenters. The molecule has 2 aromatic carbocycles. The van der Waals surface area contributed by atoms with E-state index in [0.29, 0.717) is 0 Å². The Morgan fingerprint density at radius 1 is 0.968 bits per heavy atom. The van der Waals surface area contributed by atoms with E-state index in [-0.39, 0.29) is 5.82 Å². The highest BCUT2D eigenvalue weighted by atomic mass is 14.9. The first-order valence-electron chi connectivity index (χ1n) is 10.8. The maximum atomic E-state index is 9.35. The number of hydrogen-bond acceptors (Lipinski definition) is 4. The predicted molar refractivity (Wildman–Crippen MR) is 125 cm³/mol. The summed E-state index contributed by atoms with van der Waals surface area (Å²) in [4.78, 5) is 12.1. The lowest BCUT2D eigenvalue weighted by atomic mass is 10.0. The molecular formula is C26H27N5. The summed E-state index contributed by atoms with van der Waals surface area (Å²) in [5.74, 6) is 0.234. The Labute approximate surface area is 183 Å². The zero-order chi connectivity index (χ0) is 21.6. The molecule has 0 aliphatic heterocycles. The molecule has 0 aliphatic rings. The molecule has 4 rings (SSSR count). The van der Waals surface area contributed by atoms with E-state index in [4.69, 9.17) is 0 Å². The highest BCUT2D eigenvalue weighted by Crippen LogP contribution is 2.22. The van der Waals surface area contributed by atoms with Crippen LogP contribution in [0.1, 0.15) is 34.6 Å². The molecule has 31 heavy (non-hydrogen) atoms. The van der Waals surface area contributed by atoms with Gasteiger partial charge in [0.25, 0.3) is 0 Å². The molecule has 156 valence electrons. The number of fused-ring (bicyclic) bond motifs is 1. The molecule has 2 aromatic heterocycles. The fraction of sp³-hybridized carbons (Fsp3) is 0.269. The molecule has 0 spiro atoms. The van der Waals surface area contributed by atoms with Crippen LogP contribution in [-0.2, 0) is 12.8 Å². The monoisotopic (exact) mass is 409 g/mol. The minimum Gasteiger partial charge on any atom is -0.361 e. The quantitative estimate of drug-likeness (QED) is 0.407. The van der Waals surface area contributed by atoms with Crippen molar-refractivity contribution in [3.05, 3.63) is 82.9 Å². The fourth-order valence-corrected chi connectivity index (χ4v) is 3.81. The highest BCUT2D eigenvalue weighted by Gasteiger charge is 2.08. The van der Waals surface area contributed by atoms with Crippen LogP contribution in [0.2, 0.25) is 0 Å². The minimum atomic E-state index is 0.234. The largest absolute Gasteiger partial charge is 0.361 e. The molecule has 2 N–H and O–H groups in total. The van der Waals surface area contributed by atoms with Crippen molar-refractivity contribution >= 4 is 10.9 Å². The van der Waals surface area contributed by atoms with Gasteiger partial charge in [-0.15, -0.1) is 0 Å². The molecule has 2 heterocycles. The van der Waals surface area contributed by atoms with Gasteiger partial charge in [-0.05, 0) is 81.1 Å². The van der Waals surface area contributed by atoms with E-state index in [1.165, 1.54) is 27.6 Å². The van der Waals surface area contributed by atoms with Crippen LogP contribution in [0, 0.1) is 25.2 Å². The number of H-pyrrole nitrogens is 1. The summed E-state index contributed by atoms with van der Waals surface area (Å²) >= 11 is 0. The molecule has 0 unspecified atom stereocenters. The van der Waals surface area contributed by atoms with Gasteiger partial charge < -0.3 is 10.3 Å². The second-order valence-electron chi connectivity index (χ2n) is 7.94. The van der Waals surface area contributed by atoms with Crippen molar-refractivity contribution in [3.63, 3.8) is 0 Å². The van der Waals surface area contributed by atoms with Crippen LogP contribution in [0.15, 0.2) is 54.7 Å². The van der Waals surface area contributed by atoms with Gasteiger partial charge >= 0.3 is 0 Å². The summed E-state index contributed by atoms with van der Waals surface area (Å²) in [6, 6.07) is 18.8. The zero-order valence-corrected chi connectivity index (χ0v) is 18.1. The number of rotatable bonds is 8. The fourth-order valence-electron chi connectivity index (χ4n) is 3.81. The van der Waals surface area contributed by atoms with Crippen LogP contribution in [0.25, 0.3) is 22.2 Å². The van der Waals surface area contributed by atoms with E-state index >= 15 is 0 Å². The smallest absolute Gasteiger partial charge is 0.232 e. The molecule has 0 saturated heterocycles. The van der Waals surface area contributed by atoms with Gasteiger partial charge in [0.15, 0.2) is 0 Å². The average Bonchev–Trinajstić information content (AvgIpc) is 3.21. The summed E-state index contributed by atoms with van der Waals surface area (Å²) < 4.78 is 0. The average molecular weight is 410 g/mol. The van der Waals surface area contributed by atoms with Crippen LogP contribution in [0.3, 0.4) is 0 Å². The van der Waals surface area contributed by atoms with Gasteiger partial charge in [-0.1, -0.05) is 30.3 Å². The first-order chi connectivity index (χ1) is 15.1. The number of aromatic amines is 1. The highest BCUT2D eigenvalue weighted by molar-refractivity contribution is 5.83. The number of nitrogens with zero attached hydrogens (tertiary/aromatic N) is 3.